The van der Waals surface area contributed by atoms with Gasteiger partial charge in [-0.15, -0.1) is 0 Å². The van der Waals surface area contributed by atoms with E-state index in [0.717, 1.165) is 19.3 Å². The van der Waals surface area contributed by atoms with E-state index >= 15 is 0 Å². The third kappa shape index (κ3) is 14.0. The summed E-state index contributed by atoms with van der Waals surface area (Å²) in [5.74, 6) is -2.51. The van der Waals surface area contributed by atoms with Gasteiger partial charge in [0.1, 0.15) is 18.3 Å². The number of fused-ring (bicyclic) bond motifs is 3. The van der Waals surface area contributed by atoms with Gasteiger partial charge in [0, 0.05) is 51.3 Å². The van der Waals surface area contributed by atoms with Crippen LogP contribution < -0.4 is 22.1 Å². The summed E-state index contributed by atoms with van der Waals surface area (Å²) in [6.45, 7) is 2.25. The van der Waals surface area contributed by atoms with E-state index in [1.165, 1.54) is 6.08 Å². The average Bonchev–Trinajstić information content (AvgIpc) is 3.85. The van der Waals surface area contributed by atoms with Gasteiger partial charge < -0.3 is 71.3 Å². The number of nitrogens with one attached hydrogen (secondary N) is 2. The van der Waals surface area contributed by atoms with Crippen LogP contribution in [0.5, 0.6) is 0 Å². The molecule has 4 rings (SSSR count). The fourth-order valence-electron chi connectivity index (χ4n) is 6.54. The zero-order valence-electron chi connectivity index (χ0n) is 30.2. The molecule has 3 fully saturated rings. The first-order valence-corrected chi connectivity index (χ1v) is 18.5. The second kappa shape index (κ2) is 21.2. The zero-order valence-corrected chi connectivity index (χ0v) is 30.2. The van der Waals surface area contributed by atoms with Crippen LogP contribution in [0, 0.1) is 0 Å². The number of nitrogens with two attached hydrogens (primary N) is 2. The summed E-state index contributed by atoms with van der Waals surface area (Å²) >= 11 is 0. The molecule has 0 spiro atoms. The molecule has 298 valence electrons. The topological polar surface area (TPSA) is 261 Å². The summed E-state index contributed by atoms with van der Waals surface area (Å²) < 4.78 is 29.2. The monoisotopic (exact) mass is 750 g/mol. The van der Waals surface area contributed by atoms with Crippen LogP contribution in [0.25, 0.3) is 0 Å². The quantitative estimate of drug-likeness (QED) is 0.115. The molecule has 4 aliphatic rings. The molecule has 0 aromatic rings. The highest BCUT2D eigenvalue weighted by atomic mass is 16.7. The van der Waals surface area contributed by atoms with Gasteiger partial charge in [0.25, 0.3) is 0 Å². The van der Waals surface area contributed by atoms with Crippen molar-refractivity contribution < 1.29 is 58.8 Å². The Balaban J connectivity index is 1.60. The third-order valence-corrected chi connectivity index (χ3v) is 9.45. The molecule has 0 aliphatic carbocycles. The number of aliphatic hydroxyl groups is 5. The van der Waals surface area contributed by atoms with Crippen LogP contribution >= 0.6 is 0 Å². The Morgan fingerprint density at radius 2 is 1.77 bits per heavy atom. The third-order valence-electron chi connectivity index (χ3n) is 9.45. The maximum Gasteiger partial charge on any atom is 0.330 e. The number of epoxide rings is 1. The molecular weight excluding hydrogens is 692 g/mol. The highest BCUT2D eigenvalue weighted by molar-refractivity contribution is 5.82. The second-order valence-electron chi connectivity index (χ2n) is 13.9. The Labute approximate surface area is 310 Å². The predicted molar refractivity (Wildman–Crippen MR) is 193 cm³/mol. The van der Waals surface area contributed by atoms with Crippen LogP contribution in [0.15, 0.2) is 60.8 Å². The first-order valence-electron chi connectivity index (χ1n) is 18.5. The molecule has 0 saturated carbocycles. The molecule has 53 heavy (non-hydrogen) atoms. The smallest absolute Gasteiger partial charge is 0.330 e. The number of aliphatic hydroxyl groups excluding tert-OH is 4. The highest BCUT2D eigenvalue weighted by Gasteiger charge is 2.49. The van der Waals surface area contributed by atoms with Gasteiger partial charge in [-0.2, -0.15) is 0 Å². The number of urea groups is 1. The van der Waals surface area contributed by atoms with Crippen LogP contribution in [0.4, 0.5) is 4.79 Å². The maximum absolute atomic E-state index is 12.7. The van der Waals surface area contributed by atoms with Crippen molar-refractivity contribution in [1.82, 2.24) is 10.6 Å². The largest absolute Gasteiger partial charge is 0.459 e. The van der Waals surface area contributed by atoms with Crippen LogP contribution in [0.1, 0.15) is 58.3 Å². The van der Waals surface area contributed by atoms with Crippen molar-refractivity contribution in [3.05, 3.63) is 60.8 Å². The molecule has 4 aliphatic heterocycles. The van der Waals surface area contributed by atoms with Crippen molar-refractivity contribution in [3.63, 3.8) is 0 Å². The lowest BCUT2D eigenvalue weighted by Gasteiger charge is -2.46. The van der Waals surface area contributed by atoms with Gasteiger partial charge >= 0.3 is 12.0 Å². The molecule has 13 atom stereocenters. The van der Waals surface area contributed by atoms with Crippen LogP contribution in [0.3, 0.4) is 0 Å². The minimum absolute atomic E-state index is 0.0709. The Hall–Kier alpha value is -3.00. The molecule has 2 amide bonds. The van der Waals surface area contributed by atoms with Gasteiger partial charge in [-0.1, -0.05) is 68.4 Å². The summed E-state index contributed by atoms with van der Waals surface area (Å²) in [4.78, 5) is 25.3. The lowest BCUT2D eigenvalue weighted by atomic mass is 9.87. The summed E-state index contributed by atoms with van der Waals surface area (Å²) in [6.07, 6.45) is 10.4. The van der Waals surface area contributed by atoms with Crippen LogP contribution in [-0.2, 0) is 28.5 Å². The van der Waals surface area contributed by atoms with E-state index in [0.29, 0.717) is 6.42 Å². The highest BCUT2D eigenvalue weighted by Crippen LogP contribution is 2.36. The predicted octanol–water partition coefficient (Wildman–Crippen LogP) is -0.173. The van der Waals surface area contributed by atoms with Gasteiger partial charge in [0.2, 0.25) is 0 Å². The van der Waals surface area contributed by atoms with Crippen LogP contribution in [0.2, 0.25) is 0 Å². The fourth-order valence-corrected chi connectivity index (χ4v) is 6.54. The minimum Gasteiger partial charge on any atom is -0.459 e. The van der Waals surface area contributed by atoms with E-state index < -0.39 is 85.0 Å². The van der Waals surface area contributed by atoms with Crippen molar-refractivity contribution in [2.75, 3.05) is 19.7 Å². The molecule has 4 heterocycles. The van der Waals surface area contributed by atoms with Crippen molar-refractivity contribution >= 4 is 12.0 Å². The Morgan fingerprint density at radius 3 is 2.53 bits per heavy atom. The van der Waals surface area contributed by atoms with Crippen LogP contribution in [-0.4, -0.2) is 136 Å². The summed E-state index contributed by atoms with van der Waals surface area (Å²) in [6, 6.07) is -2.70. The van der Waals surface area contributed by atoms with Crippen molar-refractivity contribution in [2.24, 2.45) is 11.5 Å². The van der Waals surface area contributed by atoms with Gasteiger partial charge in [-0.3, -0.25) is 0 Å². The van der Waals surface area contributed by atoms with Crippen molar-refractivity contribution in [1.29, 1.82) is 0 Å². The average molecular weight is 751 g/mol. The van der Waals surface area contributed by atoms with E-state index in [-0.39, 0.29) is 51.5 Å². The molecule has 3 saturated heterocycles. The Morgan fingerprint density at radius 1 is 1.02 bits per heavy atom. The molecule has 0 aromatic carbocycles. The minimum atomic E-state index is -2.03. The van der Waals surface area contributed by atoms with Gasteiger partial charge in [-0.05, 0) is 12.5 Å². The zero-order chi connectivity index (χ0) is 38.4. The molecule has 2 bridgehead atoms. The Kier molecular flexibility index (Phi) is 17.1. The fraction of sp³-hybridized carbons (Fsp3) is 0.676. The number of cyclic esters (lactones) is 1. The van der Waals surface area contributed by atoms with Gasteiger partial charge in [-0.25, -0.2) is 9.59 Å². The van der Waals surface area contributed by atoms with E-state index in [1.807, 2.05) is 18.2 Å². The number of hydrogen-bond acceptors (Lipinski definition) is 14. The number of hydrogen-bond donors (Lipinski definition) is 9. The lowest BCUT2D eigenvalue weighted by Crippen LogP contribution is -2.63. The molecule has 16 heteroatoms. The maximum atomic E-state index is 12.7. The molecule has 16 nitrogen and oxygen atoms in total. The first kappa shape index (κ1) is 42.7. The van der Waals surface area contributed by atoms with Gasteiger partial charge in [0.15, 0.2) is 12.1 Å². The van der Waals surface area contributed by atoms with Crippen molar-refractivity contribution in [3.8, 4) is 0 Å². The lowest BCUT2D eigenvalue weighted by molar-refractivity contribution is -0.298. The van der Waals surface area contributed by atoms with Gasteiger partial charge in [0.05, 0.1) is 55.3 Å². The molecule has 0 radical (unpaired) electrons. The van der Waals surface area contributed by atoms with Crippen molar-refractivity contribution in [2.45, 2.75) is 137 Å². The number of amides is 2. The normalized spacial score (nSPS) is 41.7. The SMILES string of the molecule is CCCCC1C/C=C/C=C/C=C/C=C/[C@H](O[C@@H]2OC[C@@H](O)[C@H](N)[C@@H]2O)C[C@@H]2O[C@](O)(C[C@@H](O)C[C@H]3O[C@@H]3/C=C/C(=O)O1)C[C@H](O)C2NC(=O)NCCN. The number of esters is 1. The second-order valence-corrected chi connectivity index (χ2v) is 13.9. The number of rotatable bonds is 8. The number of allylic oxidation sites excluding steroid dienone is 6. The summed E-state index contributed by atoms with van der Waals surface area (Å²) in [5.41, 5.74) is 11.5. The number of unbranched alkanes of at least 4 members (excludes halogenated alkanes) is 1. The number of ether oxygens (including phenoxy) is 5. The van der Waals surface area contributed by atoms with E-state index in [1.54, 1.807) is 36.5 Å². The standard InChI is InChI=1S/C37H58N4O12/c1-2-3-11-24-12-9-7-5-4-6-8-10-13-25(51-35-34(46)32(39)27(44)22-49-35)19-30-33(41-36(47)40-17-16-38)26(43)21-37(48,53-30)20-23(42)18-29-28(52-29)14-15-31(45)50-24/h4-10,13-15,23-30,32-35,42-44,46,48H,2-3,11-12,16-22,38-39H2,1H3,(H2,40,41,47)/b5-4+,8-6+,9-7+,13-10+,15-14+/t23-,24?,25-,26-,27+,28+,29+,30-,32-,33?,34-,35-,37+/m0/s1. The number of carbonyl (C=O) groups is 2. The molecule has 2 unspecified atom stereocenters. The summed E-state index contributed by atoms with van der Waals surface area (Å²) in [7, 11) is 0. The van der Waals surface area contributed by atoms with E-state index in [9.17, 15) is 35.1 Å². The molecular formula is C37H58N4O12. The summed E-state index contributed by atoms with van der Waals surface area (Å²) in [5, 5.41) is 60.1. The molecule has 0 aromatic heterocycles. The molecule has 11 N–H and O–H groups in total. The Bertz CT molecular complexity index is 1310. The first-order chi connectivity index (χ1) is 25.4. The van der Waals surface area contributed by atoms with E-state index in [4.69, 9.17) is 35.2 Å². The number of carbonyl (C=O) groups excluding carboxylic acids is 2. The van der Waals surface area contributed by atoms with E-state index in [2.05, 4.69) is 17.6 Å².